The summed E-state index contributed by atoms with van der Waals surface area (Å²) in [7, 11) is 0. The molecule has 100 valence electrons. The SMILES string of the molecule is Cc1cc(CN2CC(O)C2)c(Cl)c(C(F)(F)F)c1. The van der Waals surface area contributed by atoms with Gasteiger partial charge in [-0.1, -0.05) is 23.2 Å². The van der Waals surface area contributed by atoms with Gasteiger partial charge >= 0.3 is 6.18 Å². The topological polar surface area (TPSA) is 23.5 Å². The Labute approximate surface area is 108 Å². The van der Waals surface area contributed by atoms with E-state index in [1.54, 1.807) is 13.0 Å². The van der Waals surface area contributed by atoms with Crippen LogP contribution in [-0.4, -0.2) is 29.2 Å². The van der Waals surface area contributed by atoms with Crippen molar-refractivity contribution in [2.45, 2.75) is 25.7 Å². The molecule has 1 N–H and O–H groups in total. The molecular formula is C12H13ClF3NO. The van der Waals surface area contributed by atoms with Crippen molar-refractivity contribution in [3.05, 3.63) is 33.8 Å². The first-order chi connectivity index (χ1) is 8.27. The number of likely N-dealkylation sites (tertiary alicyclic amines) is 1. The molecule has 1 fully saturated rings. The van der Waals surface area contributed by atoms with E-state index in [2.05, 4.69) is 0 Å². The van der Waals surface area contributed by atoms with E-state index < -0.39 is 11.7 Å². The zero-order chi connectivity index (χ0) is 13.5. The number of aliphatic hydroxyl groups is 1. The number of benzene rings is 1. The Hall–Kier alpha value is -0.780. The maximum absolute atomic E-state index is 12.8. The zero-order valence-electron chi connectivity index (χ0n) is 9.76. The van der Waals surface area contributed by atoms with Crippen molar-refractivity contribution in [2.24, 2.45) is 0 Å². The molecule has 0 atom stereocenters. The molecule has 6 heteroatoms. The number of nitrogens with zero attached hydrogens (tertiary/aromatic N) is 1. The molecule has 1 aromatic rings. The van der Waals surface area contributed by atoms with Crippen molar-refractivity contribution >= 4 is 11.6 Å². The zero-order valence-corrected chi connectivity index (χ0v) is 10.5. The van der Waals surface area contributed by atoms with E-state index in [0.717, 1.165) is 6.07 Å². The van der Waals surface area contributed by atoms with Gasteiger partial charge in [0.15, 0.2) is 0 Å². The molecule has 1 saturated heterocycles. The fraction of sp³-hybridized carbons (Fsp3) is 0.500. The predicted octanol–water partition coefficient (Wildman–Crippen LogP) is 2.84. The van der Waals surface area contributed by atoms with Gasteiger partial charge in [-0.15, -0.1) is 0 Å². The summed E-state index contributed by atoms with van der Waals surface area (Å²) in [4.78, 5) is 1.85. The molecule has 2 nitrogen and oxygen atoms in total. The first kappa shape index (κ1) is 13.6. The lowest BCUT2D eigenvalue weighted by atomic mass is 10.0. The third-order valence-corrected chi connectivity index (χ3v) is 3.38. The minimum absolute atomic E-state index is 0.241. The van der Waals surface area contributed by atoms with Crippen LogP contribution < -0.4 is 0 Å². The Balaban J connectivity index is 2.27. The van der Waals surface area contributed by atoms with Gasteiger partial charge in [-0.25, -0.2) is 0 Å². The normalized spacial score (nSPS) is 17.9. The van der Waals surface area contributed by atoms with Crippen molar-refractivity contribution in [2.75, 3.05) is 13.1 Å². The Morgan fingerprint density at radius 2 is 2.00 bits per heavy atom. The summed E-state index contributed by atoms with van der Waals surface area (Å²) in [6, 6.07) is 2.71. The summed E-state index contributed by atoms with van der Waals surface area (Å²) in [5.41, 5.74) is 0.193. The maximum atomic E-state index is 12.8. The Bertz CT molecular complexity index is 455. The van der Waals surface area contributed by atoms with E-state index >= 15 is 0 Å². The smallest absolute Gasteiger partial charge is 0.390 e. The van der Waals surface area contributed by atoms with E-state index in [1.807, 2.05) is 4.90 Å². The Morgan fingerprint density at radius 1 is 1.39 bits per heavy atom. The highest BCUT2D eigenvalue weighted by molar-refractivity contribution is 6.32. The van der Waals surface area contributed by atoms with Gasteiger partial charge < -0.3 is 5.11 Å². The number of hydrogen-bond donors (Lipinski definition) is 1. The van der Waals surface area contributed by atoms with Crippen LogP contribution in [0, 0.1) is 6.92 Å². The van der Waals surface area contributed by atoms with Gasteiger partial charge in [0.2, 0.25) is 0 Å². The predicted molar refractivity (Wildman–Crippen MR) is 62.5 cm³/mol. The minimum atomic E-state index is -4.44. The van der Waals surface area contributed by atoms with Crippen LogP contribution >= 0.6 is 11.6 Å². The lowest BCUT2D eigenvalue weighted by Gasteiger charge is -2.36. The average Bonchev–Trinajstić information content (AvgIpc) is 2.19. The monoisotopic (exact) mass is 279 g/mol. The molecule has 2 rings (SSSR count). The fourth-order valence-corrected chi connectivity index (χ4v) is 2.35. The molecule has 0 aliphatic carbocycles. The third kappa shape index (κ3) is 2.79. The van der Waals surface area contributed by atoms with E-state index in [4.69, 9.17) is 16.7 Å². The van der Waals surface area contributed by atoms with Crippen molar-refractivity contribution < 1.29 is 18.3 Å². The Morgan fingerprint density at radius 3 is 2.50 bits per heavy atom. The van der Waals surface area contributed by atoms with Gasteiger partial charge in [0.05, 0.1) is 16.7 Å². The van der Waals surface area contributed by atoms with E-state index in [9.17, 15) is 13.2 Å². The van der Waals surface area contributed by atoms with Crippen LogP contribution in [-0.2, 0) is 12.7 Å². The van der Waals surface area contributed by atoms with Gasteiger partial charge in [-0.2, -0.15) is 13.2 Å². The van der Waals surface area contributed by atoms with Gasteiger partial charge in [-0.05, 0) is 18.6 Å². The average molecular weight is 280 g/mol. The number of aliphatic hydroxyl groups excluding tert-OH is 1. The summed E-state index contributed by atoms with van der Waals surface area (Å²) < 4.78 is 38.3. The summed E-state index contributed by atoms with van der Waals surface area (Å²) in [6.07, 6.45) is -4.82. The molecule has 0 spiro atoms. The second kappa shape index (κ2) is 4.72. The molecule has 0 saturated carbocycles. The van der Waals surface area contributed by atoms with E-state index in [1.165, 1.54) is 0 Å². The van der Waals surface area contributed by atoms with Crippen molar-refractivity contribution in [3.8, 4) is 0 Å². The number of β-amino-alcohol motifs (C(OH)–C–C–N with tert-alkyl or cyclic N) is 1. The van der Waals surface area contributed by atoms with Crippen LogP contribution in [0.5, 0.6) is 0 Å². The first-order valence-corrected chi connectivity index (χ1v) is 5.92. The summed E-state index contributed by atoms with van der Waals surface area (Å²) in [5.74, 6) is 0. The highest BCUT2D eigenvalue weighted by Crippen LogP contribution is 2.37. The molecule has 0 unspecified atom stereocenters. The van der Waals surface area contributed by atoms with Gasteiger partial charge in [0, 0.05) is 19.6 Å². The molecule has 0 radical (unpaired) electrons. The lowest BCUT2D eigenvalue weighted by molar-refractivity contribution is -0.137. The van der Waals surface area contributed by atoms with Gasteiger partial charge in [-0.3, -0.25) is 4.90 Å². The second-order valence-electron chi connectivity index (χ2n) is 4.63. The number of hydrogen-bond acceptors (Lipinski definition) is 2. The van der Waals surface area contributed by atoms with Crippen molar-refractivity contribution in [3.63, 3.8) is 0 Å². The molecular weight excluding hydrogens is 267 g/mol. The number of halogens is 4. The quantitative estimate of drug-likeness (QED) is 0.900. The van der Waals surface area contributed by atoms with E-state index in [-0.39, 0.29) is 11.1 Å². The highest BCUT2D eigenvalue weighted by atomic mass is 35.5. The summed E-state index contributed by atoms with van der Waals surface area (Å²) >= 11 is 5.82. The minimum Gasteiger partial charge on any atom is -0.390 e. The van der Waals surface area contributed by atoms with Crippen LogP contribution in [0.2, 0.25) is 5.02 Å². The van der Waals surface area contributed by atoms with Crippen LogP contribution in [0.1, 0.15) is 16.7 Å². The van der Waals surface area contributed by atoms with E-state index in [0.29, 0.717) is 30.8 Å². The van der Waals surface area contributed by atoms with Crippen molar-refractivity contribution in [1.82, 2.24) is 4.90 Å². The molecule has 0 bridgehead atoms. The molecule has 0 amide bonds. The third-order valence-electron chi connectivity index (χ3n) is 2.93. The number of alkyl halides is 3. The largest absolute Gasteiger partial charge is 0.417 e. The van der Waals surface area contributed by atoms with Crippen LogP contribution in [0.4, 0.5) is 13.2 Å². The number of rotatable bonds is 2. The first-order valence-electron chi connectivity index (χ1n) is 5.54. The van der Waals surface area contributed by atoms with Gasteiger partial charge in [0.1, 0.15) is 0 Å². The van der Waals surface area contributed by atoms with Crippen molar-refractivity contribution in [1.29, 1.82) is 0 Å². The summed E-state index contributed by atoms with van der Waals surface area (Å²) in [5, 5.41) is 8.91. The standard InChI is InChI=1S/C12H13ClF3NO/c1-7-2-8(4-17-5-9(18)6-17)11(13)10(3-7)12(14,15)16/h2-3,9,18H,4-6H2,1H3. The van der Waals surface area contributed by atoms with Gasteiger partial charge in [0.25, 0.3) is 0 Å². The lowest BCUT2D eigenvalue weighted by Crippen LogP contribution is -2.49. The second-order valence-corrected chi connectivity index (χ2v) is 5.01. The maximum Gasteiger partial charge on any atom is 0.417 e. The highest BCUT2D eigenvalue weighted by Gasteiger charge is 2.35. The molecule has 1 heterocycles. The summed E-state index contributed by atoms with van der Waals surface area (Å²) in [6.45, 7) is 2.90. The number of aryl methyl sites for hydroxylation is 1. The van der Waals surface area contributed by atoms with Crippen LogP contribution in [0.15, 0.2) is 12.1 Å². The van der Waals surface area contributed by atoms with Crippen LogP contribution in [0.25, 0.3) is 0 Å². The fourth-order valence-electron chi connectivity index (χ4n) is 2.08. The van der Waals surface area contributed by atoms with Crippen LogP contribution in [0.3, 0.4) is 0 Å². The molecule has 1 aliphatic heterocycles. The molecule has 18 heavy (non-hydrogen) atoms. The molecule has 1 aromatic carbocycles. The molecule has 1 aliphatic rings. The molecule has 0 aromatic heterocycles. The Kier molecular flexibility index (Phi) is 3.58.